The summed E-state index contributed by atoms with van der Waals surface area (Å²) in [6.45, 7) is 0.647. The van der Waals surface area contributed by atoms with E-state index in [9.17, 15) is 29.1 Å². The number of aliphatic imine (C=N–C) groups is 1. The SMILES string of the molecule is NCCCCC(NC(=O)C(CCC(N)=O)NC(=O)C(CS)NC(=O)C(N)CCCN=C(N)N)C(=O)O. The monoisotopic (exact) mass is 533 g/mol. The van der Waals surface area contributed by atoms with Crippen molar-refractivity contribution in [2.24, 2.45) is 33.7 Å². The molecule has 0 spiro atoms. The van der Waals surface area contributed by atoms with Crippen LogP contribution in [0.25, 0.3) is 0 Å². The number of thiol groups is 1. The third kappa shape index (κ3) is 14.3. The van der Waals surface area contributed by atoms with Crippen LogP contribution in [0.1, 0.15) is 44.9 Å². The molecule has 0 aliphatic rings. The Hall–Kier alpha value is -3.11. The van der Waals surface area contributed by atoms with Gasteiger partial charge >= 0.3 is 5.97 Å². The van der Waals surface area contributed by atoms with Crippen LogP contribution in [-0.2, 0) is 24.0 Å². The van der Waals surface area contributed by atoms with E-state index < -0.39 is 53.8 Å². The van der Waals surface area contributed by atoms with E-state index in [2.05, 4.69) is 33.6 Å². The molecule has 4 unspecified atom stereocenters. The van der Waals surface area contributed by atoms with Crippen LogP contribution < -0.4 is 44.6 Å². The van der Waals surface area contributed by atoms with Crippen molar-refractivity contribution in [2.75, 3.05) is 18.8 Å². The lowest BCUT2D eigenvalue weighted by Gasteiger charge is -2.24. The lowest BCUT2D eigenvalue weighted by atomic mass is 10.1. The maximum atomic E-state index is 12.8. The predicted molar refractivity (Wildman–Crippen MR) is 137 cm³/mol. The summed E-state index contributed by atoms with van der Waals surface area (Å²) in [5.74, 6) is -4.39. The van der Waals surface area contributed by atoms with Gasteiger partial charge in [-0.05, 0) is 45.1 Å². The summed E-state index contributed by atoms with van der Waals surface area (Å²) in [6.07, 6.45) is 1.41. The third-order valence-electron chi connectivity index (χ3n) is 4.99. The molecule has 0 aromatic carbocycles. The van der Waals surface area contributed by atoms with Gasteiger partial charge in [-0.25, -0.2) is 4.79 Å². The number of guanidine groups is 1. The smallest absolute Gasteiger partial charge is 0.326 e. The molecule has 0 saturated carbocycles. The van der Waals surface area contributed by atoms with Crippen molar-refractivity contribution in [1.82, 2.24) is 16.0 Å². The molecular weight excluding hydrogens is 494 g/mol. The Morgan fingerprint density at radius 2 is 1.39 bits per heavy atom. The number of carboxylic acid groups (broad SMARTS) is 1. The number of unbranched alkanes of at least 4 members (excludes halogenated alkanes) is 1. The lowest BCUT2D eigenvalue weighted by molar-refractivity contribution is -0.142. The first-order valence-electron chi connectivity index (χ1n) is 11.5. The van der Waals surface area contributed by atoms with Gasteiger partial charge in [0.25, 0.3) is 0 Å². The van der Waals surface area contributed by atoms with E-state index in [0.29, 0.717) is 25.8 Å². The summed E-state index contributed by atoms with van der Waals surface area (Å²) in [5, 5.41) is 16.6. The minimum Gasteiger partial charge on any atom is -0.480 e. The fourth-order valence-corrected chi connectivity index (χ4v) is 3.23. The third-order valence-corrected chi connectivity index (χ3v) is 5.36. The topological polar surface area (TPSA) is 284 Å². The number of carboxylic acids is 1. The highest BCUT2D eigenvalue weighted by Gasteiger charge is 2.30. The van der Waals surface area contributed by atoms with Gasteiger partial charge in [0.2, 0.25) is 23.6 Å². The van der Waals surface area contributed by atoms with Crippen molar-refractivity contribution in [1.29, 1.82) is 0 Å². The predicted octanol–water partition coefficient (Wildman–Crippen LogP) is -3.77. The fraction of sp³-hybridized carbons (Fsp3) is 0.700. The van der Waals surface area contributed by atoms with Gasteiger partial charge in [0.05, 0.1) is 6.04 Å². The van der Waals surface area contributed by atoms with E-state index in [1.54, 1.807) is 0 Å². The van der Waals surface area contributed by atoms with Crippen molar-refractivity contribution in [3.8, 4) is 0 Å². The van der Waals surface area contributed by atoms with Crippen molar-refractivity contribution in [3.63, 3.8) is 0 Å². The zero-order valence-corrected chi connectivity index (χ0v) is 21.0. The number of hydrogen-bond acceptors (Lipinski definition) is 9. The number of nitrogens with two attached hydrogens (primary N) is 5. The highest BCUT2D eigenvalue weighted by molar-refractivity contribution is 7.80. The molecule has 0 aliphatic carbocycles. The molecule has 4 atom stereocenters. The van der Waals surface area contributed by atoms with E-state index in [1.165, 1.54) is 0 Å². The Kier molecular flexibility index (Phi) is 16.6. The molecule has 0 radical (unpaired) electrons. The first kappa shape index (κ1) is 32.9. The molecule has 14 N–H and O–H groups in total. The van der Waals surface area contributed by atoms with Crippen LogP contribution in [0.3, 0.4) is 0 Å². The number of carbonyl (C=O) groups excluding carboxylic acids is 4. The number of primary amides is 1. The van der Waals surface area contributed by atoms with E-state index >= 15 is 0 Å². The number of hydrogen-bond donors (Lipinski definition) is 10. The van der Waals surface area contributed by atoms with Crippen molar-refractivity contribution >= 4 is 48.2 Å². The quantitative estimate of drug-likeness (QED) is 0.0334. The number of nitrogens with zero attached hydrogens (tertiary/aromatic N) is 1. The Morgan fingerprint density at radius 1 is 0.806 bits per heavy atom. The fourth-order valence-electron chi connectivity index (χ4n) is 2.97. The van der Waals surface area contributed by atoms with Crippen LogP contribution >= 0.6 is 12.6 Å². The largest absolute Gasteiger partial charge is 0.480 e. The second-order valence-corrected chi connectivity index (χ2v) is 8.41. The summed E-state index contributed by atoms with van der Waals surface area (Å²) in [5.41, 5.74) is 26.9. The van der Waals surface area contributed by atoms with Gasteiger partial charge in [-0.15, -0.1) is 0 Å². The Labute approximate surface area is 215 Å². The first-order valence-corrected chi connectivity index (χ1v) is 12.1. The highest BCUT2D eigenvalue weighted by Crippen LogP contribution is 2.05. The summed E-state index contributed by atoms with van der Waals surface area (Å²) in [7, 11) is 0. The molecule has 36 heavy (non-hydrogen) atoms. The van der Waals surface area contributed by atoms with Gasteiger partial charge in [-0.1, -0.05) is 0 Å². The minimum absolute atomic E-state index is 0.0833. The molecule has 0 fully saturated rings. The standard InChI is InChI=1S/C20H39N9O6S/c21-8-2-1-5-13(19(34)35)28-17(32)12(6-7-15(23)30)27-18(33)14(10-36)29-16(31)11(22)4-3-9-26-20(24)25/h11-14,36H,1-10,21-22H2,(H2,23,30)(H,27,33)(H,28,32)(H,29,31)(H,34,35)(H4,24,25,26). The van der Waals surface area contributed by atoms with E-state index in [-0.39, 0.29) is 43.9 Å². The van der Waals surface area contributed by atoms with Crippen LogP contribution in [0.4, 0.5) is 0 Å². The van der Waals surface area contributed by atoms with Crippen LogP contribution in [0.15, 0.2) is 4.99 Å². The molecule has 0 bridgehead atoms. The van der Waals surface area contributed by atoms with Gasteiger partial charge < -0.3 is 49.7 Å². The number of aliphatic carboxylic acids is 1. The average molecular weight is 534 g/mol. The van der Waals surface area contributed by atoms with Gasteiger partial charge in [0, 0.05) is 18.7 Å². The molecule has 16 heteroatoms. The second-order valence-electron chi connectivity index (χ2n) is 8.05. The number of nitrogens with one attached hydrogen (secondary N) is 3. The average Bonchev–Trinajstić information content (AvgIpc) is 2.81. The van der Waals surface area contributed by atoms with Crippen molar-refractivity contribution in [2.45, 2.75) is 69.1 Å². The van der Waals surface area contributed by atoms with Gasteiger partial charge in [-0.2, -0.15) is 12.6 Å². The van der Waals surface area contributed by atoms with Crippen LogP contribution in [0.5, 0.6) is 0 Å². The van der Waals surface area contributed by atoms with E-state index in [4.69, 9.17) is 28.7 Å². The highest BCUT2D eigenvalue weighted by atomic mass is 32.1. The summed E-state index contributed by atoms with van der Waals surface area (Å²) >= 11 is 4.07. The van der Waals surface area contributed by atoms with Crippen LogP contribution in [0, 0.1) is 0 Å². The zero-order chi connectivity index (χ0) is 27.7. The molecule has 206 valence electrons. The number of carbonyl (C=O) groups is 5. The van der Waals surface area contributed by atoms with Crippen molar-refractivity contribution < 1.29 is 29.1 Å². The molecule has 4 amide bonds. The second kappa shape index (κ2) is 18.2. The van der Waals surface area contributed by atoms with Crippen LogP contribution in [-0.4, -0.2) is 83.7 Å². The maximum absolute atomic E-state index is 12.8. The summed E-state index contributed by atoms with van der Waals surface area (Å²) in [4.78, 5) is 64.4. The van der Waals surface area contributed by atoms with E-state index in [1.807, 2.05) is 0 Å². The molecule has 0 aromatic heterocycles. The number of amides is 4. The minimum atomic E-state index is -1.28. The van der Waals surface area contributed by atoms with Gasteiger partial charge in [-0.3, -0.25) is 24.2 Å². The maximum Gasteiger partial charge on any atom is 0.326 e. The Balaban J connectivity index is 5.20. The van der Waals surface area contributed by atoms with Crippen molar-refractivity contribution in [3.05, 3.63) is 0 Å². The summed E-state index contributed by atoms with van der Waals surface area (Å²) < 4.78 is 0. The molecule has 0 rings (SSSR count). The molecule has 0 aromatic rings. The molecule has 0 aliphatic heterocycles. The van der Waals surface area contributed by atoms with Gasteiger partial charge in [0.15, 0.2) is 5.96 Å². The normalized spacial score (nSPS) is 14.0. The zero-order valence-electron chi connectivity index (χ0n) is 20.2. The lowest BCUT2D eigenvalue weighted by Crippen LogP contribution is -2.57. The first-order chi connectivity index (χ1) is 16.9. The van der Waals surface area contributed by atoms with Gasteiger partial charge in [0.1, 0.15) is 18.1 Å². The summed E-state index contributed by atoms with van der Waals surface area (Å²) in [6, 6.07) is -4.61. The Bertz CT molecular complexity index is 779. The molecular formula is C20H39N9O6S. The Morgan fingerprint density at radius 3 is 1.92 bits per heavy atom. The van der Waals surface area contributed by atoms with Crippen LogP contribution in [0.2, 0.25) is 0 Å². The molecule has 15 nitrogen and oxygen atoms in total. The molecule has 0 heterocycles. The number of rotatable bonds is 19. The molecule has 0 saturated heterocycles. The van der Waals surface area contributed by atoms with E-state index in [0.717, 1.165) is 0 Å².